The summed E-state index contributed by atoms with van der Waals surface area (Å²) in [6.07, 6.45) is 3.77. The Bertz CT molecular complexity index is 1060. The van der Waals surface area contributed by atoms with Crippen molar-refractivity contribution >= 4 is 23.6 Å². The third-order valence-electron chi connectivity index (χ3n) is 5.42. The average molecular weight is 504 g/mol. The lowest BCUT2D eigenvalue weighted by Crippen LogP contribution is -2.57. The number of rotatable bonds is 5. The number of aliphatic hydroxyl groups is 1. The van der Waals surface area contributed by atoms with Gasteiger partial charge in [0.25, 0.3) is 0 Å². The van der Waals surface area contributed by atoms with Crippen molar-refractivity contribution in [1.29, 1.82) is 0 Å². The van der Waals surface area contributed by atoms with Crippen LogP contribution in [0, 0.1) is 5.92 Å². The highest BCUT2D eigenvalue weighted by Crippen LogP contribution is 2.34. The first-order valence-electron chi connectivity index (χ1n) is 12.0. The van der Waals surface area contributed by atoms with Gasteiger partial charge in [-0.2, -0.15) is 0 Å². The Morgan fingerprint density at radius 2 is 1.78 bits per heavy atom. The number of anilines is 2. The van der Waals surface area contributed by atoms with E-state index in [0.29, 0.717) is 24.5 Å². The summed E-state index contributed by atoms with van der Waals surface area (Å²) in [6.45, 7) is 13.6. The summed E-state index contributed by atoms with van der Waals surface area (Å²) in [7, 11) is 0. The molecule has 2 aromatic rings. The van der Waals surface area contributed by atoms with Crippen LogP contribution in [0.3, 0.4) is 0 Å². The SMILES string of the molecule is C[C@H]1CN(c2ccncc2NC(=O)OC(C)(C)C)C[C@@H](NC(=O)OC(C)(C)C)[C@H]1n1cc(CO)nn1. The molecule has 1 fully saturated rings. The normalized spacial score (nSPS) is 20.6. The van der Waals surface area contributed by atoms with E-state index in [1.165, 1.54) is 0 Å². The van der Waals surface area contributed by atoms with Crippen molar-refractivity contribution < 1.29 is 24.2 Å². The van der Waals surface area contributed by atoms with Crippen molar-refractivity contribution in [2.75, 3.05) is 23.3 Å². The fourth-order valence-electron chi connectivity index (χ4n) is 4.21. The lowest BCUT2D eigenvalue weighted by Gasteiger charge is -2.44. The number of amides is 2. The molecule has 2 aromatic heterocycles. The molecule has 0 saturated carbocycles. The molecule has 3 atom stereocenters. The molecule has 3 rings (SSSR count). The van der Waals surface area contributed by atoms with Gasteiger partial charge in [0.05, 0.1) is 42.5 Å². The van der Waals surface area contributed by atoms with E-state index in [1.54, 1.807) is 64.8 Å². The van der Waals surface area contributed by atoms with Crippen molar-refractivity contribution in [2.45, 2.75) is 78.4 Å². The Balaban J connectivity index is 1.88. The van der Waals surface area contributed by atoms with Crippen molar-refractivity contribution in [3.05, 3.63) is 30.4 Å². The van der Waals surface area contributed by atoms with Crippen LogP contribution in [0.1, 0.15) is 60.2 Å². The molecule has 1 aliphatic heterocycles. The second-order valence-electron chi connectivity index (χ2n) is 11.0. The first-order valence-corrected chi connectivity index (χ1v) is 12.0. The summed E-state index contributed by atoms with van der Waals surface area (Å²) in [6, 6.07) is 1.15. The van der Waals surface area contributed by atoms with E-state index in [9.17, 15) is 14.7 Å². The van der Waals surface area contributed by atoms with E-state index in [2.05, 4.69) is 30.8 Å². The Labute approximate surface area is 211 Å². The van der Waals surface area contributed by atoms with Crippen molar-refractivity contribution in [2.24, 2.45) is 5.92 Å². The Morgan fingerprint density at radius 3 is 2.39 bits per heavy atom. The first kappa shape index (κ1) is 27.2. The zero-order valence-electron chi connectivity index (χ0n) is 22.0. The number of alkyl carbamates (subject to hydrolysis) is 1. The second kappa shape index (κ2) is 10.7. The van der Waals surface area contributed by atoms with Crippen LogP contribution in [-0.2, 0) is 16.1 Å². The van der Waals surface area contributed by atoms with E-state index >= 15 is 0 Å². The fourth-order valence-corrected chi connectivity index (χ4v) is 4.21. The number of piperidine rings is 1. The van der Waals surface area contributed by atoms with Gasteiger partial charge in [0, 0.05) is 19.3 Å². The van der Waals surface area contributed by atoms with Crippen LogP contribution in [0.2, 0.25) is 0 Å². The Hall–Kier alpha value is -3.41. The van der Waals surface area contributed by atoms with E-state index in [1.807, 2.05) is 13.0 Å². The lowest BCUT2D eigenvalue weighted by atomic mass is 9.89. The fraction of sp³-hybridized carbons (Fsp3) is 0.625. The van der Waals surface area contributed by atoms with Crippen LogP contribution < -0.4 is 15.5 Å². The van der Waals surface area contributed by atoms with Crippen molar-refractivity contribution in [1.82, 2.24) is 25.3 Å². The number of hydrogen-bond acceptors (Lipinski definition) is 9. The van der Waals surface area contributed by atoms with Gasteiger partial charge in [0.2, 0.25) is 0 Å². The summed E-state index contributed by atoms with van der Waals surface area (Å²) in [5.74, 6) is -0.00512. The van der Waals surface area contributed by atoms with Crippen LogP contribution in [0.25, 0.3) is 0 Å². The maximum Gasteiger partial charge on any atom is 0.412 e. The molecule has 3 N–H and O–H groups in total. The standard InChI is InChI=1S/C24H37N7O5/c1-15-11-30(19-8-9-25-10-17(19)26-21(33)35-23(2,3)4)13-18(27-22(34)36-24(5,6)7)20(15)31-12-16(14-32)28-29-31/h8-10,12,15,18,20,32H,11,13-14H2,1-7H3,(H,26,33)(H,27,34)/t15-,18+,20-/m0/s1. The van der Waals surface area contributed by atoms with Crippen molar-refractivity contribution in [3.8, 4) is 0 Å². The molecular formula is C24H37N7O5. The quantitative estimate of drug-likeness (QED) is 0.560. The summed E-state index contributed by atoms with van der Waals surface area (Å²) in [5, 5.41) is 23.4. The highest BCUT2D eigenvalue weighted by molar-refractivity contribution is 5.89. The number of carbonyl (C=O) groups is 2. The molecule has 12 nitrogen and oxygen atoms in total. The van der Waals surface area contributed by atoms with E-state index < -0.39 is 29.4 Å². The third kappa shape index (κ3) is 7.30. The molecule has 0 unspecified atom stereocenters. The van der Waals surface area contributed by atoms with Gasteiger partial charge in [-0.1, -0.05) is 12.1 Å². The highest BCUT2D eigenvalue weighted by atomic mass is 16.6. The molecule has 36 heavy (non-hydrogen) atoms. The number of aliphatic hydroxyl groups excluding tert-OH is 1. The molecular weight excluding hydrogens is 466 g/mol. The zero-order chi connectivity index (χ0) is 26.7. The van der Waals surface area contributed by atoms with Gasteiger partial charge in [-0.3, -0.25) is 10.3 Å². The number of pyridine rings is 1. The summed E-state index contributed by atoms with van der Waals surface area (Å²) < 4.78 is 12.6. The number of ether oxygens (including phenoxy) is 2. The molecule has 12 heteroatoms. The molecule has 0 bridgehead atoms. The van der Waals surface area contributed by atoms with Gasteiger partial charge < -0.3 is 24.8 Å². The van der Waals surface area contributed by atoms with E-state index in [0.717, 1.165) is 5.69 Å². The number of nitrogens with zero attached hydrogens (tertiary/aromatic N) is 5. The lowest BCUT2D eigenvalue weighted by molar-refractivity contribution is 0.0465. The van der Waals surface area contributed by atoms with Crippen LogP contribution >= 0.6 is 0 Å². The maximum atomic E-state index is 12.7. The van der Waals surface area contributed by atoms with E-state index in [-0.39, 0.29) is 18.6 Å². The van der Waals surface area contributed by atoms with Crippen LogP contribution in [0.5, 0.6) is 0 Å². The number of nitrogens with one attached hydrogen (secondary N) is 2. The van der Waals surface area contributed by atoms with Crippen molar-refractivity contribution in [3.63, 3.8) is 0 Å². The number of aromatic nitrogens is 4. The smallest absolute Gasteiger partial charge is 0.412 e. The summed E-state index contributed by atoms with van der Waals surface area (Å²) >= 11 is 0. The van der Waals surface area contributed by atoms with Gasteiger partial charge >= 0.3 is 12.2 Å². The van der Waals surface area contributed by atoms with Gasteiger partial charge in [-0.15, -0.1) is 5.10 Å². The summed E-state index contributed by atoms with van der Waals surface area (Å²) in [5.41, 5.74) is 0.376. The molecule has 198 valence electrons. The molecule has 0 aromatic carbocycles. The monoisotopic (exact) mass is 503 g/mol. The second-order valence-corrected chi connectivity index (χ2v) is 11.0. The topological polar surface area (TPSA) is 144 Å². The molecule has 3 heterocycles. The maximum absolute atomic E-state index is 12.7. The molecule has 0 aliphatic carbocycles. The number of hydrogen-bond donors (Lipinski definition) is 3. The predicted octanol–water partition coefficient (Wildman–Crippen LogP) is 3.10. The zero-order valence-corrected chi connectivity index (χ0v) is 22.0. The highest BCUT2D eigenvalue weighted by Gasteiger charge is 2.39. The van der Waals surface area contributed by atoms with Crippen LogP contribution in [0.4, 0.5) is 21.0 Å². The average Bonchev–Trinajstić information content (AvgIpc) is 3.19. The minimum atomic E-state index is -0.660. The minimum Gasteiger partial charge on any atom is -0.444 e. The van der Waals surface area contributed by atoms with Gasteiger partial charge in [-0.25, -0.2) is 14.3 Å². The third-order valence-corrected chi connectivity index (χ3v) is 5.42. The van der Waals surface area contributed by atoms with E-state index in [4.69, 9.17) is 9.47 Å². The van der Waals surface area contributed by atoms with Crippen LogP contribution in [0.15, 0.2) is 24.7 Å². The van der Waals surface area contributed by atoms with Gasteiger partial charge in [0.1, 0.15) is 16.9 Å². The minimum absolute atomic E-state index is 0.00512. The van der Waals surface area contributed by atoms with Gasteiger partial charge in [0.15, 0.2) is 0 Å². The summed E-state index contributed by atoms with van der Waals surface area (Å²) in [4.78, 5) is 31.4. The largest absolute Gasteiger partial charge is 0.444 e. The molecule has 0 spiro atoms. The molecule has 1 aliphatic rings. The molecule has 1 saturated heterocycles. The Morgan fingerprint density at radius 1 is 1.11 bits per heavy atom. The number of carbonyl (C=O) groups excluding carboxylic acids is 2. The molecule has 0 radical (unpaired) electrons. The molecule has 2 amide bonds. The Kier molecular flexibility index (Phi) is 8.07. The van der Waals surface area contributed by atoms with Gasteiger partial charge in [-0.05, 0) is 53.5 Å². The first-order chi connectivity index (χ1) is 16.8. The van der Waals surface area contributed by atoms with Crippen LogP contribution in [-0.4, -0.2) is 67.6 Å². The predicted molar refractivity (Wildman–Crippen MR) is 134 cm³/mol.